The second-order valence-electron chi connectivity index (χ2n) is 8.48. The van der Waals surface area contributed by atoms with E-state index in [4.69, 9.17) is 0 Å². The third-order valence-electron chi connectivity index (χ3n) is 6.40. The molecule has 0 aromatic carbocycles. The quantitative estimate of drug-likeness (QED) is 0.862. The van der Waals surface area contributed by atoms with Crippen LogP contribution in [0.5, 0.6) is 0 Å². The topological polar surface area (TPSA) is 61.4 Å². The Bertz CT molecular complexity index is 600. The van der Waals surface area contributed by atoms with Gasteiger partial charge in [-0.25, -0.2) is 9.97 Å². The van der Waals surface area contributed by atoms with E-state index in [1.54, 1.807) is 0 Å². The molecule has 6 nitrogen and oxygen atoms in total. The highest BCUT2D eigenvalue weighted by atomic mass is 16.1. The Morgan fingerprint density at radius 3 is 2.26 bits per heavy atom. The number of nitrogens with one attached hydrogen (secondary N) is 1. The summed E-state index contributed by atoms with van der Waals surface area (Å²) >= 11 is 0. The lowest BCUT2D eigenvalue weighted by Crippen LogP contribution is -2.45. The number of hydrogen-bond donors (Lipinski definition) is 1. The Hall–Kier alpha value is -1.69. The van der Waals surface area contributed by atoms with Crippen molar-refractivity contribution in [2.24, 2.45) is 5.92 Å². The number of likely N-dealkylation sites (tertiary alicyclic amines) is 1. The molecule has 0 unspecified atom stereocenters. The van der Waals surface area contributed by atoms with E-state index in [0.717, 1.165) is 64.4 Å². The molecule has 148 valence electrons. The number of piperidine rings is 2. The van der Waals surface area contributed by atoms with E-state index in [-0.39, 0.29) is 5.92 Å². The Morgan fingerprint density at radius 1 is 0.926 bits per heavy atom. The first-order chi connectivity index (χ1) is 13.3. The van der Waals surface area contributed by atoms with E-state index < -0.39 is 0 Å². The number of carbonyl (C=O) groups is 1. The van der Waals surface area contributed by atoms with Crippen LogP contribution in [0.15, 0.2) is 12.4 Å². The summed E-state index contributed by atoms with van der Waals surface area (Å²) in [5.41, 5.74) is 1.18. The van der Waals surface area contributed by atoms with Gasteiger partial charge < -0.3 is 10.2 Å². The standard InChI is InChI=1S/C21H33N5O/c27-20(18-6-2-3-7-18)24-19-8-12-25(13-9-19)16-17-14-22-21(23-15-17)26-10-4-1-5-11-26/h14-15,18-19H,1-13,16H2,(H,24,27). The first-order valence-corrected chi connectivity index (χ1v) is 10.9. The van der Waals surface area contributed by atoms with Crippen molar-refractivity contribution < 1.29 is 4.79 Å². The van der Waals surface area contributed by atoms with Crippen LogP contribution in [0.2, 0.25) is 0 Å². The molecule has 2 aliphatic heterocycles. The highest BCUT2D eigenvalue weighted by molar-refractivity contribution is 5.79. The fourth-order valence-electron chi connectivity index (χ4n) is 4.69. The number of rotatable bonds is 5. The Balaban J connectivity index is 1.21. The zero-order valence-electron chi connectivity index (χ0n) is 16.4. The molecule has 6 heteroatoms. The molecular weight excluding hydrogens is 338 g/mol. The molecule has 0 atom stereocenters. The Morgan fingerprint density at radius 2 is 1.59 bits per heavy atom. The molecule has 0 spiro atoms. The van der Waals surface area contributed by atoms with E-state index in [0.29, 0.717) is 11.9 Å². The number of hydrogen-bond acceptors (Lipinski definition) is 5. The van der Waals surface area contributed by atoms with Crippen LogP contribution in [-0.4, -0.2) is 53.0 Å². The van der Waals surface area contributed by atoms with Crippen LogP contribution < -0.4 is 10.2 Å². The molecule has 1 saturated carbocycles. The van der Waals surface area contributed by atoms with Gasteiger partial charge in [0.2, 0.25) is 11.9 Å². The van der Waals surface area contributed by atoms with Crippen LogP contribution in [0.3, 0.4) is 0 Å². The Labute approximate surface area is 162 Å². The molecule has 0 radical (unpaired) electrons. The minimum atomic E-state index is 0.276. The number of amides is 1. The van der Waals surface area contributed by atoms with E-state index >= 15 is 0 Å². The lowest BCUT2D eigenvalue weighted by molar-refractivity contribution is -0.125. The summed E-state index contributed by atoms with van der Waals surface area (Å²) in [5, 5.41) is 3.29. The highest BCUT2D eigenvalue weighted by Crippen LogP contribution is 2.25. The molecule has 0 bridgehead atoms. The van der Waals surface area contributed by atoms with Gasteiger partial charge in [0, 0.05) is 62.6 Å². The van der Waals surface area contributed by atoms with E-state index in [2.05, 4.69) is 25.1 Å². The minimum Gasteiger partial charge on any atom is -0.353 e. The van der Waals surface area contributed by atoms with Crippen LogP contribution in [0, 0.1) is 5.92 Å². The molecule has 1 aliphatic carbocycles. The number of carbonyl (C=O) groups excluding carboxylic acids is 1. The zero-order chi connectivity index (χ0) is 18.5. The molecule has 1 aromatic heterocycles. The van der Waals surface area contributed by atoms with Gasteiger partial charge in [-0.2, -0.15) is 0 Å². The fraction of sp³-hybridized carbons (Fsp3) is 0.762. The van der Waals surface area contributed by atoms with Gasteiger partial charge >= 0.3 is 0 Å². The zero-order valence-corrected chi connectivity index (χ0v) is 16.4. The van der Waals surface area contributed by atoms with Crippen molar-refractivity contribution in [1.29, 1.82) is 0 Å². The number of aromatic nitrogens is 2. The van der Waals surface area contributed by atoms with Crippen LogP contribution in [0.25, 0.3) is 0 Å². The number of nitrogens with zero attached hydrogens (tertiary/aromatic N) is 4. The summed E-state index contributed by atoms with van der Waals surface area (Å²) in [5.74, 6) is 1.46. The Kier molecular flexibility index (Phi) is 6.22. The van der Waals surface area contributed by atoms with Crippen molar-refractivity contribution in [1.82, 2.24) is 20.2 Å². The van der Waals surface area contributed by atoms with Gasteiger partial charge in [0.1, 0.15) is 0 Å². The SMILES string of the molecule is O=C(NC1CCN(Cc2cnc(N3CCCCC3)nc2)CC1)C1CCCC1. The van der Waals surface area contributed by atoms with Crippen molar-refractivity contribution in [3.05, 3.63) is 18.0 Å². The highest BCUT2D eigenvalue weighted by Gasteiger charge is 2.26. The van der Waals surface area contributed by atoms with Crippen LogP contribution in [0.1, 0.15) is 63.4 Å². The lowest BCUT2D eigenvalue weighted by Gasteiger charge is -2.33. The average molecular weight is 372 g/mol. The average Bonchev–Trinajstić information content (AvgIpc) is 3.26. The third-order valence-corrected chi connectivity index (χ3v) is 6.40. The van der Waals surface area contributed by atoms with Crippen LogP contribution in [0.4, 0.5) is 5.95 Å². The van der Waals surface area contributed by atoms with Gasteiger partial charge in [-0.05, 0) is 44.9 Å². The van der Waals surface area contributed by atoms with E-state index in [9.17, 15) is 4.79 Å². The monoisotopic (exact) mass is 371 g/mol. The molecule has 27 heavy (non-hydrogen) atoms. The summed E-state index contributed by atoms with van der Waals surface area (Å²) in [7, 11) is 0. The second kappa shape index (κ2) is 9.00. The molecule has 1 aromatic rings. The van der Waals surface area contributed by atoms with Gasteiger partial charge in [-0.1, -0.05) is 12.8 Å². The van der Waals surface area contributed by atoms with E-state index in [1.165, 1.54) is 37.7 Å². The summed E-state index contributed by atoms with van der Waals surface area (Å²) in [4.78, 5) is 26.3. The minimum absolute atomic E-state index is 0.276. The molecule has 1 amide bonds. The predicted octanol–water partition coefficient (Wildman–Crippen LogP) is 2.74. The summed E-state index contributed by atoms with van der Waals surface area (Å²) in [6, 6.07) is 0.354. The summed E-state index contributed by atoms with van der Waals surface area (Å²) in [6.45, 7) is 5.13. The molecule has 3 fully saturated rings. The van der Waals surface area contributed by atoms with Crippen LogP contribution >= 0.6 is 0 Å². The molecule has 1 N–H and O–H groups in total. The van der Waals surface area contributed by atoms with Crippen molar-refractivity contribution >= 4 is 11.9 Å². The second-order valence-corrected chi connectivity index (χ2v) is 8.48. The summed E-state index contributed by atoms with van der Waals surface area (Å²) in [6.07, 6.45) is 14.5. The van der Waals surface area contributed by atoms with Gasteiger partial charge in [-0.15, -0.1) is 0 Å². The largest absolute Gasteiger partial charge is 0.353 e. The molecular formula is C21H33N5O. The predicted molar refractivity (Wildman–Crippen MR) is 106 cm³/mol. The number of anilines is 1. The molecule has 3 aliphatic rings. The molecule has 4 rings (SSSR count). The normalized spacial score (nSPS) is 22.9. The van der Waals surface area contributed by atoms with Crippen LogP contribution in [-0.2, 0) is 11.3 Å². The van der Waals surface area contributed by atoms with E-state index in [1.807, 2.05) is 12.4 Å². The van der Waals surface area contributed by atoms with Gasteiger partial charge in [0.15, 0.2) is 0 Å². The van der Waals surface area contributed by atoms with Crippen molar-refractivity contribution in [2.45, 2.75) is 70.4 Å². The fourth-order valence-corrected chi connectivity index (χ4v) is 4.69. The lowest BCUT2D eigenvalue weighted by atomic mass is 10.0. The molecule has 3 heterocycles. The first kappa shape index (κ1) is 18.7. The first-order valence-electron chi connectivity index (χ1n) is 10.9. The van der Waals surface area contributed by atoms with Crippen molar-refractivity contribution in [3.8, 4) is 0 Å². The van der Waals surface area contributed by atoms with Gasteiger partial charge in [0.05, 0.1) is 0 Å². The maximum atomic E-state index is 12.3. The molecule has 2 saturated heterocycles. The summed E-state index contributed by atoms with van der Waals surface area (Å²) < 4.78 is 0. The van der Waals surface area contributed by atoms with Gasteiger partial charge in [0.25, 0.3) is 0 Å². The third kappa shape index (κ3) is 4.98. The maximum Gasteiger partial charge on any atom is 0.225 e. The smallest absolute Gasteiger partial charge is 0.225 e. The van der Waals surface area contributed by atoms with Crippen molar-refractivity contribution in [3.63, 3.8) is 0 Å². The van der Waals surface area contributed by atoms with Crippen molar-refractivity contribution in [2.75, 3.05) is 31.1 Å². The maximum absolute atomic E-state index is 12.3. The van der Waals surface area contributed by atoms with Gasteiger partial charge in [-0.3, -0.25) is 9.69 Å².